The summed E-state index contributed by atoms with van der Waals surface area (Å²) >= 11 is 5.81. The molecule has 0 fully saturated rings. The standard InChI is InChI=1S/C16H16ClN3O2S/c1-22-14-6-3-12(4-7-14)9-15(23(2,21)20-11-18)13-5-8-16(17)19-10-13/h3-8,10,15H,9H2,1-2H3. The summed E-state index contributed by atoms with van der Waals surface area (Å²) in [5, 5.41) is 8.73. The Labute approximate surface area is 141 Å². The lowest BCUT2D eigenvalue weighted by atomic mass is 10.1. The first-order valence-electron chi connectivity index (χ1n) is 6.79. The van der Waals surface area contributed by atoms with Crippen molar-refractivity contribution in [2.75, 3.05) is 13.4 Å². The van der Waals surface area contributed by atoms with Crippen LogP contribution in [0, 0.1) is 11.5 Å². The van der Waals surface area contributed by atoms with Crippen molar-refractivity contribution in [2.45, 2.75) is 11.7 Å². The van der Waals surface area contributed by atoms with E-state index in [0.717, 1.165) is 16.9 Å². The minimum absolute atomic E-state index is 0.358. The zero-order valence-electron chi connectivity index (χ0n) is 12.8. The second kappa shape index (κ2) is 7.44. The topological polar surface area (TPSA) is 75.3 Å². The van der Waals surface area contributed by atoms with Crippen molar-refractivity contribution < 1.29 is 8.95 Å². The maximum atomic E-state index is 12.8. The lowest BCUT2D eigenvalue weighted by Gasteiger charge is -2.18. The van der Waals surface area contributed by atoms with E-state index in [9.17, 15) is 4.21 Å². The van der Waals surface area contributed by atoms with E-state index < -0.39 is 15.0 Å². The van der Waals surface area contributed by atoms with Crippen molar-refractivity contribution in [3.63, 3.8) is 0 Å². The van der Waals surface area contributed by atoms with Gasteiger partial charge in [0.2, 0.25) is 6.19 Å². The van der Waals surface area contributed by atoms with E-state index in [0.29, 0.717) is 11.6 Å². The van der Waals surface area contributed by atoms with Crippen molar-refractivity contribution in [2.24, 2.45) is 4.36 Å². The highest BCUT2D eigenvalue weighted by Gasteiger charge is 2.22. The molecule has 0 radical (unpaired) electrons. The zero-order valence-corrected chi connectivity index (χ0v) is 14.3. The summed E-state index contributed by atoms with van der Waals surface area (Å²) in [4.78, 5) is 4.04. The summed E-state index contributed by atoms with van der Waals surface area (Å²) < 4.78 is 21.6. The first kappa shape index (κ1) is 17.3. The molecule has 7 heteroatoms. The van der Waals surface area contributed by atoms with Crippen LogP contribution in [-0.4, -0.2) is 22.6 Å². The molecular formula is C16H16ClN3O2S. The molecule has 1 aromatic carbocycles. The Bertz CT molecular complexity index is 820. The van der Waals surface area contributed by atoms with Crippen LogP contribution in [-0.2, 0) is 16.1 Å². The Balaban J connectivity index is 2.41. The molecule has 5 nitrogen and oxygen atoms in total. The second-order valence-corrected chi connectivity index (χ2v) is 7.87. The van der Waals surface area contributed by atoms with Crippen molar-refractivity contribution >= 4 is 21.3 Å². The highest BCUT2D eigenvalue weighted by Crippen LogP contribution is 2.28. The first-order chi connectivity index (χ1) is 11.0. The first-order valence-corrected chi connectivity index (χ1v) is 9.16. The number of nitrogens with zero attached hydrogens (tertiary/aromatic N) is 3. The number of rotatable bonds is 5. The van der Waals surface area contributed by atoms with Gasteiger partial charge in [-0.1, -0.05) is 29.8 Å². The number of nitriles is 1. The molecule has 0 aliphatic heterocycles. The molecule has 0 saturated heterocycles. The molecule has 2 unspecified atom stereocenters. The summed E-state index contributed by atoms with van der Waals surface area (Å²) in [6.45, 7) is 0. The number of aromatic nitrogens is 1. The molecule has 0 N–H and O–H groups in total. The van der Waals surface area contributed by atoms with Crippen LogP contribution >= 0.6 is 11.6 Å². The fourth-order valence-corrected chi connectivity index (χ4v) is 3.77. The van der Waals surface area contributed by atoms with E-state index >= 15 is 0 Å². The smallest absolute Gasteiger partial charge is 0.214 e. The molecule has 1 heterocycles. The highest BCUT2D eigenvalue weighted by atomic mass is 35.5. The predicted molar refractivity (Wildman–Crippen MR) is 90.8 cm³/mol. The Kier molecular flexibility index (Phi) is 5.59. The van der Waals surface area contributed by atoms with Crippen LogP contribution in [0.15, 0.2) is 47.0 Å². The molecular weight excluding hydrogens is 334 g/mol. The van der Waals surface area contributed by atoms with Gasteiger partial charge in [0, 0.05) is 12.5 Å². The number of methoxy groups -OCH3 is 1. The van der Waals surface area contributed by atoms with E-state index in [1.807, 2.05) is 24.3 Å². The van der Waals surface area contributed by atoms with Crippen LogP contribution in [0.4, 0.5) is 0 Å². The van der Waals surface area contributed by atoms with Crippen LogP contribution < -0.4 is 4.74 Å². The van der Waals surface area contributed by atoms with Gasteiger partial charge in [-0.2, -0.15) is 5.26 Å². The van der Waals surface area contributed by atoms with Crippen LogP contribution in [0.2, 0.25) is 5.15 Å². The molecule has 2 aromatic rings. The fraction of sp³-hybridized carbons (Fsp3) is 0.250. The van der Waals surface area contributed by atoms with Gasteiger partial charge in [-0.15, -0.1) is 4.36 Å². The third-order valence-electron chi connectivity index (χ3n) is 3.45. The maximum Gasteiger partial charge on any atom is 0.214 e. The largest absolute Gasteiger partial charge is 0.497 e. The number of hydrogen-bond donors (Lipinski definition) is 0. The van der Waals surface area contributed by atoms with E-state index in [1.165, 1.54) is 6.26 Å². The maximum absolute atomic E-state index is 12.8. The average Bonchev–Trinajstić information content (AvgIpc) is 2.54. The molecule has 120 valence electrons. The molecule has 0 amide bonds. The summed E-state index contributed by atoms with van der Waals surface area (Å²) in [7, 11) is -1.15. The van der Waals surface area contributed by atoms with Gasteiger partial charge in [0.1, 0.15) is 10.9 Å². The van der Waals surface area contributed by atoms with Gasteiger partial charge in [0.25, 0.3) is 0 Å². The third-order valence-corrected chi connectivity index (χ3v) is 5.61. The van der Waals surface area contributed by atoms with Crippen LogP contribution in [0.1, 0.15) is 16.4 Å². The monoisotopic (exact) mass is 349 g/mol. The average molecular weight is 350 g/mol. The Morgan fingerprint density at radius 3 is 2.57 bits per heavy atom. The minimum Gasteiger partial charge on any atom is -0.497 e. The summed E-state index contributed by atoms with van der Waals surface area (Å²) in [5.74, 6) is 0.748. The number of pyridine rings is 1. The highest BCUT2D eigenvalue weighted by molar-refractivity contribution is 7.93. The third kappa shape index (κ3) is 4.44. The minimum atomic E-state index is -2.75. The Morgan fingerprint density at radius 2 is 2.04 bits per heavy atom. The van der Waals surface area contributed by atoms with Crippen molar-refractivity contribution in [1.29, 1.82) is 5.26 Å². The van der Waals surface area contributed by atoms with Crippen LogP contribution in [0.25, 0.3) is 0 Å². The molecule has 2 rings (SSSR count). The van der Waals surface area contributed by atoms with Crippen molar-refractivity contribution in [3.05, 3.63) is 58.9 Å². The van der Waals surface area contributed by atoms with Gasteiger partial charge in [0.05, 0.1) is 22.1 Å². The SMILES string of the molecule is COc1ccc(CC(c2ccc(Cl)nc2)S(C)(=O)=NC#N)cc1. The van der Waals surface area contributed by atoms with Gasteiger partial charge in [-0.05, 0) is 35.7 Å². The lowest BCUT2D eigenvalue weighted by Crippen LogP contribution is -2.14. The molecule has 0 bridgehead atoms. The van der Waals surface area contributed by atoms with Gasteiger partial charge < -0.3 is 4.74 Å². The molecule has 1 aromatic heterocycles. The van der Waals surface area contributed by atoms with Gasteiger partial charge in [-0.25, -0.2) is 9.19 Å². The quantitative estimate of drug-likeness (QED) is 0.610. The second-order valence-electron chi connectivity index (χ2n) is 5.01. The van der Waals surface area contributed by atoms with Crippen LogP contribution in [0.5, 0.6) is 5.75 Å². The number of ether oxygens (including phenoxy) is 1. The Hall–Kier alpha value is -2.10. The summed E-state index contributed by atoms with van der Waals surface area (Å²) in [5.41, 5.74) is 1.70. The number of halogens is 1. The van der Waals surface area contributed by atoms with Crippen molar-refractivity contribution in [3.8, 4) is 11.9 Å². The van der Waals surface area contributed by atoms with E-state index in [4.69, 9.17) is 21.6 Å². The molecule has 0 spiro atoms. The van der Waals surface area contributed by atoms with Gasteiger partial charge in [0.15, 0.2) is 0 Å². The zero-order chi connectivity index (χ0) is 16.9. The van der Waals surface area contributed by atoms with Crippen LogP contribution in [0.3, 0.4) is 0 Å². The number of hydrogen-bond acceptors (Lipinski definition) is 5. The summed E-state index contributed by atoms with van der Waals surface area (Å²) in [6, 6.07) is 10.9. The molecule has 0 saturated carbocycles. The van der Waals surface area contributed by atoms with Gasteiger partial charge >= 0.3 is 0 Å². The van der Waals surface area contributed by atoms with E-state index in [1.54, 1.807) is 31.6 Å². The molecule has 23 heavy (non-hydrogen) atoms. The molecule has 2 atom stereocenters. The fourth-order valence-electron chi connectivity index (χ4n) is 2.22. The molecule has 0 aliphatic rings. The van der Waals surface area contributed by atoms with E-state index in [2.05, 4.69) is 9.35 Å². The summed E-state index contributed by atoms with van der Waals surface area (Å²) in [6.07, 6.45) is 5.18. The lowest BCUT2D eigenvalue weighted by molar-refractivity contribution is 0.414. The normalized spacial score (nSPS) is 14.3. The number of benzene rings is 1. The Morgan fingerprint density at radius 1 is 1.35 bits per heavy atom. The van der Waals surface area contributed by atoms with Gasteiger partial charge in [-0.3, -0.25) is 0 Å². The predicted octanol–water partition coefficient (Wildman–Crippen LogP) is 3.61. The molecule has 0 aliphatic carbocycles. The van der Waals surface area contributed by atoms with Crippen molar-refractivity contribution in [1.82, 2.24) is 4.98 Å². The van der Waals surface area contributed by atoms with E-state index in [-0.39, 0.29) is 0 Å².